The van der Waals surface area contributed by atoms with E-state index in [0.717, 1.165) is 25.7 Å². The van der Waals surface area contributed by atoms with Crippen LogP contribution >= 0.6 is 0 Å². The lowest BCUT2D eigenvalue weighted by atomic mass is 9.99. The quantitative estimate of drug-likeness (QED) is 0.187. The summed E-state index contributed by atoms with van der Waals surface area (Å²) in [6.07, 6.45) is 11.0. The standard InChI is InChI=1S/C24H46O7/c1-2-3-4-5-6-7-8-9-10-11-12-13-14-15-16-17-20(26)31-23-21(27)19(18-25)30-24(29)22(23)28/h19,21-25,27-29H,2-18H2,1H3/t19-,21-,22-,23+,24?/m1/s1/i1D. The molecular weight excluding hydrogens is 400 g/mol. The normalized spacial score (nSPS) is 26.6. The second-order valence-corrected chi connectivity index (χ2v) is 8.74. The second-order valence-electron chi connectivity index (χ2n) is 8.74. The van der Waals surface area contributed by atoms with Gasteiger partial charge in [-0.15, -0.1) is 0 Å². The maximum atomic E-state index is 12.0. The minimum atomic E-state index is -1.61. The minimum absolute atomic E-state index is 0.194. The molecule has 0 aromatic carbocycles. The van der Waals surface area contributed by atoms with E-state index in [1.54, 1.807) is 0 Å². The van der Waals surface area contributed by atoms with E-state index >= 15 is 0 Å². The summed E-state index contributed by atoms with van der Waals surface area (Å²) in [7, 11) is 0. The molecular formula is C24H46O7. The Labute approximate surface area is 189 Å². The van der Waals surface area contributed by atoms with Gasteiger partial charge in [-0.3, -0.25) is 4.79 Å². The van der Waals surface area contributed by atoms with E-state index in [4.69, 9.17) is 16.0 Å². The van der Waals surface area contributed by atoms with Gasteiger partial charge in [0.25, 0.3) is 0 Å². The Balaban J connectivity index is 1.94. The lowest BCUT2D eigenvalue weighted by molar-refractivity contribution is -0.289. The third-order valence-corrected chi connectivity index (χ3v) is 5.99. The molecule has 1 rings (SSSR count). The van der Waals surface area contributed by atoms with Crippen LogP contribution in [-0.2, 0) is 14.3 Å². The Hall–Kier alpha value is -0.730. The molecule has 0 amide bonds. The van der Waals surface area contributed by atoms with Gasteiger partial charge in [0.2, 0.25) is 0 Å². The van der Waals surface area contributed by atoms with Crippen LogP contribution in [0.5, 0.6) is 0 Å². The molecule has 31 heavy (non-hydrogen) atoms. The first-order valence-electron chi connectivity index (χ1n) is 13.0. The first kappa shape index (κ1) is 26.5. The predicted molar refractivity (Wildman–Crippen MR) is 119 cm³/mol. The zero-order valence-corrected chi connectivity index (χ0v) is 19.1. The first-order chi connectivity index (χ1) is 15.5. The Kier molecular flexibility index (Phi) is 15.2. The zero-order chi connectivity index (χ0) is 23.6. The van der Waals surface area contributed by atoms with Crippen molar-refractivity contribution in [2.45, 2.75) is 140 Å². The van der Waals surface area contributed by atoms with Gasteiger partial charge in [0, 0.05) is 7.79 Å². The maximum Gasteiger partial charge on any atom is 0.306 e. The SMILES string of the molecule is [2H]CCCCCCCCCCCCCCCCCC(=O)O[C@H]1[C@H](O)[C@@H](CO)OC(O)[C@@H]1O. The van der Waals surface area contributed by atoms with Crippen LogP contribution in [0.25, 0.3) is 0 Å². The van der Waals surface area contributed by atoms with Gasteiger partial charge in [-0.05, 0) is 6.42 Å². The van der Waals surface area contributed by atoms with Crippen LogP contribution in [0.4, 0.5) is 0 Å². The van der Waals surface area contributed by atoms with Crippen molar-refractivity contribution in [2.75, 3.05) is 6.61 Å². The molecule has 7 nitrogen and oxygen atoms in total. The summed E-state index contributed by atoms with van der Waals surface area (Å²) >= 11 is 0. The summed E-state index contributed by atoms with van der Waals surface area (Å²) in [5.74, 6) is -0.532. The van der Waals surface area contributed by atoms with Crippen molar-refractivity contribution in [3.8, 4) is 0 Å². The van der Waals surface area contributed by atoms with E-state index in [0.29, 0.717) is 13.3 Å². The Morgan fingerprint density at radius 2 is 1.29 bits per heavy atom. The Morgan fingerprint density at radius 3 is 1.77 bits per heavy atom. The fraction of sp³-hybridized carbons (Fsp3) is 0.958. The molecule has 1 aliphatic heterocycles. The number of unbranched alkanes of at least 4 members (excludes halogenated alkanes) is 14. The molecule has 0 aliphatic carbocycles. The highest BCUT2D eigenvalue weighted by Crippen LogP contribution is 2.23. The van der Waals surface area contributed by atoms with Crippen LogP contribution in [0.15, 0.2) is 0 Å². The van der Waals surface area contributed by atoms with Crippen molar-refractivity contribution in [1.82, 2.24) is 0 Å². The lowest BCUT2D eigenvalue weighted by Crippen LogP contribution is -2.59. The van der Waals surface area contributed by atoms with Gasteiger partial charge in [0.05, 0.1) is 6.61 Å². The molecule has 4 N–H and O–H groups in total. The lowest BCUT2D eigenvalue weighted by Gasteiger charge is -2.39. The van der Waals surface area contributed by atoms with Crippen LogP contribution < -0.4 is 0 Å². The van der Waals surface area contributed by atoms with Crippen molar-refractivity contribution in [2.24, 2.45) is 0 Å². The third kappa shape index (κ3) is 12.2. The van der Waals surface area contributed by atoms with E-state index < -0.39 is 43.3 Å². The molecule has 1 saturated heterocycles. The van der Waals surface area contributed by atoms with E-state index in [9.17, 15) is 20.1 Å². The first-order valence-corrected chi connectivity index (χ1v) is 12.3. The van der Waals surface area contributed by atoms with Crippen LogP contribution in [-0.4, -0.2) is 63.7 Å². The molecule has 7 heteroatoms. The monoisotopic (exact) mass is 447 g/mol. The molecule has 1 unspecified atom stereocenters. The topological polar surface area (TPSA) is 116 Å². The summed E-state index contributed by atoms with van der Waals surface area (Å²) < 4.78 is 17.1. The summed E-state index contributed by atoms with van der Waals surface area (Å²) in [5, 5.41) is 38.7. The van der Waals surface area contributed by atoms with Crippen LogP contribution in [0.3, 0.4) is 0 Å². The fourth-order valence-electron chi connectivity index (χ4n) is 3.98. The molecule has 5 atom stereocenters. The van der Waals surface area contributed by atoms with Crippen LogP contribution in [0.2, 0.25) is 0 Å². The molecule has 0 saturated carbocycles. The van der Waals surface area contributed by atoms with Crippen LogP contribution in [0, 0.1) is 0 Å². The molecule has 0 spiro atoms. The number of esters is 1. The fourth-order valence-corrected chi connectivity index (χ4v) is 3.98. The summed E-state index contributed by atoms with van der Waals surface area (Å²) in [5.41, 5.74) is 0. The average Bonchev–Trinajstić information content (AvgIpc) is 2.78. The molecule has 0 radical (unpaired) electrons. The smallest absolute Gasteiger partial charge is 0.306 e. The largest absolute Gasteiger partial charge is 0.456 e. The van der Waals surface area contributed by atoms with Gasteiger partial charge in [0.15, 0.2) is 12.4 Å². The van der Waals surface area contributed by atoms with E-state index in [-0.39, 0.29) is 6.42 Å². The molecule has 1 fully saturated rings. The third-order valence-electron chi connectivity index (χ3n) is 5.99. The van der Waals surface area contributed by atoms with E-state index in [1.165, 1.54) is 64.2 Å². The summed E-state index contributed by atoms with van der Waals surface area (Å²) in [4.78, 5) is 12.0. The predicted octanol–water partition coefficient (Wildman–Crippen LogP) is 3.59. The van der Waals surface area contributed by atoms with Crippen molar-refractivity contribution < 1.29 is 36.1 Å². The number of aliphatic hydroxyl groups is 4. The number of hydrogen-bond acceptors (Lipinski definition) is 7. The second kappa shape index (κ2) is 17.8. The highest BCUT2D eigenvalue weighted by Gasteiger charge is 2.45. The Bertz CT molecular complexity index is 466. The highest BCUT2D eigenvalue weighted by atomic mass is 16.7. The molecule has 0 bridgehead atoms. The Morgan fingerprint density at radius 1 is 0.806 bits per heavy atom. The van der Waals surface area contributed by atoms with Gasteiger partial charge < -0.3 is 29.9 Å². The van der Waals surface area contributed by atoms with Gasteiger partial charge in [-0.1, -0.05) is 96.8 Å². The summed E-state index contributed by atoms with van der Waals surface area (Å²) in [6.45, 7) is 0.0181. The van der Waals surface area contributed by atoms with Crippen molar-refractivity contribution >= 4 is 5.97 Å². The van der Waals surface area contributed by atoms with E-state index in [1.807, 2.05) is 0 Å². The minimum Gasteiger partial charge on any atom is -0.456 e. The van der Waals surface area contributed by atoms with Crippen molar-refractivity contribution in [1.29, 1.82) is 0 Å². The van der Waals surface area contributed by atoms with E-state index in [2.05, 4.69) is 0 Å². The van der Waals surface area contributed by atoms with Crippen molar-refractivity contribution in [3.63, 3.8) is 0 Å². The molecule has 1 aliphatic rings. The number of carbonyl (C=O) groups excluding carboxylic acids is 1. The van der Waals surface area contributed by atoms with Gasteiger partial charge in [-0.25, -0.2) is 0 Å². The molecule has 1 heterocycles. The number of ether oxygens (including phenoxy) is 2. The van der Waals surface area contributed by atoms with Gasteiger partial charge in [-0.2, -0.15) is 0 Å². The van der Waals surface area contributed by atoms with Crippen LogP contribution in [0.1, 0.15) is 111 Å². The zero-order valence-electron chi connectivity index (χ0n) is 20.1. The molecule has 0 aromatic heterocycles. The molecule has 184 valence electrons. The number of hydrogen-bond donors (Lipinski definition) is 4. The maximum absolute atomic E-state index is 12.0. The number of carbonyl (C=O) groups is 1. The number of aliphatic hydroxyl groups excluding tert-OH is 4. The summed E-state index contributed by atoms with van der Waals surface area (Å²) in [6, 6.07) is 0. The highest BCUT2D eigenvalue weighted by molar-refractivity contribution is 5.69. The average molecular weight is 448 g/mol. The van der Waals surface area contributed by atoms with Gasteiger partial charge in [0.1, 0.15) is 18.3 Å². The van der Waals surface area contributed by atoms with Crippen molar-refractivity contribution in [3.05, 3.63) is 0 Å². The van der Waals surface area contributed by atoms with Gasteiger partial charge >= 0.3 is 5.97 Å². The number of rotatable bonds is 18. The molecule has 0 aromatic rings.